The minimum Gasteiger partial charge on any atom is -0.462 e. The summed E-state index contributed by atoms with van der Waals surface area (Å²) < 4.78 is 16.6. The lowest BCUT2D eigenvalue weighted by Gasteiger charge is -2.17. The first-order valence-electron chi connectivity index (χ1n) is 26.9. The third kappa shape index (κ3) is 55.1. The van der Waals surface area contributed by atoms with Crippen molar-refractivity contribution in [1.82, 2.24) is 0 Å². The Morgan fingerprint density at radius 3 is 0.901 bits per heavy atom. The van der Waals surface area contributed by atoms with Gasteiger partial charge in [0, 0.05) is 6.42 Å². The van der Waals surface area contributed by atoms with E-state index in [2.05, 4.69) is 191 Å². The van der Waals surface area contributed by atoms with Gasteiger partial charge in [-0.1, -0.05) is 228 Å². The van der Waals surface area contributed by atoms with Crippen LogP contribution in [0.3, 0.4) is 0 Å². The lowest BCUT2D eigenvalue weighted by atomic mass is 10.1. The monoisotopic (exact) mass is 971 g/mol. The van der Waals surface area contributed by atoms with E-state index in [1.54, 1.807) is 12.2 Å². The van der Waals surface area contributed by atoms with E-state index in [0.717, 1.165) is 122 Å². The first-order valence-corrected chi connectivity index (χ1v) is 26.9. The minimum atomic E-state index is -0.895. The zero-order valence-corrected chi connectivity index (χ0v) is 44.4. The van der Waals surface area contributed by atoms with Gasteiger partial charge in [0.05, 0.1) is 12.8 Å². The SMILES string of the molecule is CC/C=C\C/C=C\C/C=C\C/C=C\C/C=C\C/C=C\CCCCCCC(=O)OCC(COC(=O)C/C=C\C/C=C\C/C=C\C/C=C\C/C=C\CC)OC(=O)C/C=C\C/C=C\C/C=C\C/C=C\C/C=C\CC. The zero-order chi connectivity index (χ0) is 51.4. The van der Waals surface area contributed by atoms with E-state index in [1.165, 1.54) is 0 Å². The van der Waals surface area contributed by atoms with E-state index in [4.69, 9.17) is 14.2 Å². The summed E-state index contributed by atoms with van der Waals surface area (Å²) in [6, 6.07) is 0. The average molecular weight is 971 g/mol. The van der Waals surface area contributed by atoms with Gasteiger partial charge < -0.3 is 14.2 Å². The highest BCUT2D eigenvalue weighted by Crippen LogP contribution is 2.09. The van der Waals surface area contributed by atoms with Crippen molar-refractivity contribution in [3.05, 3.63) is 194 Å². The summed E-state index contributed by atoms with van der Waals surface area (Å²) in [5.41, 5.74) is 0. The van der Waals surface area contributed by atoms with Crippen LogP contribution in [0.2, 0.25) is 0 Å². The maximum Gasteiger partial charge on any atom is 0.310 e. The molecule has 0 heterocycles. The standard InChI is InChI=1S/C65H94O6/c1-4-7-10-13-16-19-22-25-28-29-30-31-32-33-34-35-38-40-43-46-49-52-55-58-64(67)70-61-62(71-65(68)59-56-53-50-47-44-41-37-27-24-21-18-15-12-9-6-3)60-69-63(66)57-54-51-48-45-42-39-36-26-23-20-17-14-11-8-5-2/h7-12,16-21,25-28,30-31,33-34,36-38,40,42,44-45,47,51,53-54,56,62H,4-6,13-15,22-24,29,32,35,39,41,43,46,48-50,52,55,57-61H2,1-3H3/b10-7-,11-8-,12-9-,19-16-,20-17-,21-18-,28-25-,31-30-,34-33-,36-26-,37-27-,40-38-,45-42-,47-44-,54-51-,56-53-. The van der Waals surface area contributed by atoms with Gasteiger partial charge in [0.25, 0.3) is 0 Å². The number of unbranched alkanes of at least 4 members (excludes halogenated alkanes) is 4. The molecule has 0 saturated heterocycles. The van der Waals surface area contributed by atoms with E-state index in [0.29, 0.717) is 12.8 Å². The van der Waals surface area contributed by atoms with E-state index in [1.807, 2.05) is 12.2 Å². The molecule has 0 N–H and O–H groups in total. The van der Waals surface area contributed by atoms with Crippen LogP contribution in [0.4, 0.5) is 0 Å². The first kappa shape index (κ1) is 65.2. The quantitative estimate of drug-likeness (QED) is 0.0262. The molecule has 1 unspecified atom stereocenters. The Balaban J connectivity index is 4.66. The van der Waals surface area contributed by atoms with Gasteiger partial charge >= 0.3 is 17.9 Å². The number of hydrogen-bond acceptors (Lipinski definition) is 6. The van der Waals surface area contributed by atoms with Crippen LogP contribution in [0.5, 0.6) is 0 Å². The largest absolute Gasteiger partial charge is 0.462 e. The van der Waals surface area contributed by atoms with Crippen molar-refractivity contribution in [3.63, 3.8) is 0 Å². The van der Waals surface area contributed by atoms with Gasteiger partial charge in [-0.2, -0.15) is 0 Å². The molecule has 0 aliphatic carbocycles. The molecule has 0 aromatic rings. The molecule has 0 bridgehead atoms. The molecule has 0 aromatic heterocycles. The van der Waals surface area contributed by atoms with Gasteiger partial charge in [-0.3, -0.25) is 14.4 Å². The Hall–Kier alpha value is -5.75. The molecule has 0 radical (unpaired) electrons. The fourth-order valence-electron chi connectivity index (χ4n) is 6.24. The van der Waals surface area contributed by atoms with Gasteiger partial charge in [-0.05, 0) is 122 Å². The summed E-state index contributed by atoms with van der Waals surface area (Å²) in [4.78, 5) is 37.9. The molecule has 0 saturated carbocycles. The predicted octanol–water partition coefficient (Wildman–Crippen LogP) is 18.3. The van der Waals surface area contributed by atoms with Gasteiger partial charge in [-0.15, -0.1) is 0 Å². The van der Waals surface area contributed by atoms with Gasteiger partial charge in [0.1, 0.15) is 13.2 Å². The molecule has 0 aliphatic heterocycles. The number of carbonyl (C=O) groups is 3. The molecule has 0 aromatic carbocycles. The molecule has 6 heteroatoms. The summed E-state index contributed by atoms with van der Waals surface area (Å²) in [5.74, 6) is -1.28. The first-order chi connectivity index (χ1) is 35.0. The molecule has 0 rings (SSSR count). The minimum absolute atomic E-state index is 0.0600. The lowest BCUT2D eigenvalue weighted by Crippen LogP contribution is -2.30. The molecule has 71 heavy (non-hydrogen) atoms. The second-order valence-electron chi connectivity index (χ2n) is 16.7. The molecular weight excluding hydrogens is 877 g/mol. The smallest absolute Gasteiger partial charge is 0.310 e. The highest BCUT2D eigenvalue weighted by Gasteiger charge is 2.19. The maximum absolute atomic E-state index is 12.8. The second kappa shape index (κ2) is 56.8. The van der Waals surface area contributed by atoms with E-state index in [-0.39, 0.29) is 38.4 Å². The fraction of sp³-hybridized carbons (Fsp3) is 0.462. The highest BCUT2D eigenvalue weighted by molar-refractivity contribution is 5.72. The fourth-order valence-corrected chi connectivity index (χ4v) is 6.24. The van der Waals surface area contributed by atoms with Crippen LogP contribution in [-0.2, 0) is 28.6 Å². The Kier molecular flexibility index (Phi) is 52.2. The van der Waals surface area contributed by atoms with Gasteiger partial charge in [-0.25, -0.2) is 0 Å². The summed E-state index contributed by atoms with van der Waals surface area (Å²) in [6.07, 6.45) is 87.5. The number of esters is 3. The van der Waals surface area contributed by atoms with Crippen molar-refractivity contribution in [2.75, 3.05) is 13.2 Å². The van der Waals surface area contributed by atoms with Gasteiger partial charge in [0.2, 0.25) is 0 Å². The molecule has 6 nitrogen and oxygen atoms in total. The molecular formula is C65H94O6. The number of rotatable bonds is 45. The molecule has 0 fully saturated rings. The molecule has 1 atom stereocenters. The predicted molar refractivity (Wildman–Crippen MR) is 306 cm³/mol. The van der Waals surface area contributed by atoms with Crippen LogP contribution in [0.15, 0.2) is 194 Å². The van der Waals surface area contributed by atoms with Crippen LogP contribution in [0, 0.1) is 0 Å². The van der Waals surface area contributed by atoms with Crippen LogP contribution < -0.4 is 0 Å². The summed E-state index contributed by atoms with van der Waals surface area (Å²) in [7, 11) is 0. The summed E-state index contributed by atoms with van der Waals surface area (Å²) in [5, 5.41) is 0. The molecule has 0 spiro atoms. The Labute approximate surface area is 433 Å². The van der Waals surface area contributed by atoms with Crippen molar-refractivity contribution in [2.24, 2.45) is 0 Å². The van der Waals surface area contributed by atoms with E-state index >= 15 is 0 Å². The van der Waals surface area contributed by atoms with E-state index < -0.39 is 18.0 Å². The average Bonchev–Trinajstić information content (AvgIpc) is 3.37. The maximum atomic E-state index is 12.8. The Morgan fingerprint density at radius 2 is 0.563 bits per heavy atom. The normalized spacial score (nSPS) is 13.7. The van der Waals surface area contributed by atoms with Crippen molar-refractivity contribution in [1.29, 1.82) is 0 Å². The Morgan fingerprint density at radius 1 is 0.296 bits per heavy atom. The second-order valence-corrected chi connectivity index (χ2v) is 16.7. The number of hydrogen-bond donors (Lipinski definition) is 0. The molecule has 0 amide bonds. The third-order valence-electron chi connectivity index (χ3n) is 10.1. The van der Waals surface area contributed by atoms with Crippen molar-refractivity contribution in [2.45, 2.75) is 181 Å². The summed E-state index contributed by atoms with van der Waals surface area (Å²) >= 11 is 0. The number of carbonyl (C=O) groups excluding carboxylic acids is 3. The van der Waals surface area contributed by atoms with E-state index in [9.17, 15) is 14.4 Å². The number of ether oxygens (including phenoxy) is 3. The Bertz CT molecular complexity index is 1780. The van der Waals surface area contributed by atoms with Gasteiger partial charge in [0.15, 0.2) is 6.10 Å². The van der Waals surface area contributed by atoms with Crippen LogP contribution >= 0.6 is 0 Å². The van der Waals surface area contributed by atoms with Crippen molar-refractivity contribution < 1.29 is 28.6 Å². The van der Waals surface area contributed by atoms with Crippen LogP contribution in [0.25, 0.3) is 0 Å². The van der Waals surface area contributed by atoms with Crippen molar-refractivity contribution in [3.8, 4) is 0 Å². The topological polar surface area (TPSA) is 78.9 Å². The van der Waals surface area contributed by atoms with Crippen LogP contribution in [0.1, 0.15) is 175 Å². The number of allylic oxidation sites excluding steroid dienone is 30. The third-order valence-corrected chi connectivity index (χ3v) is 10.1. The van der Waals surface area contributed by atoms with Crippen molar-refractivity contribution >= 4 is 17.9 Å². The molecule has 0 aliphatic rings. The highest BCUT2D eigenvalue weighted by atomic mass is 16.6. The lowest BCUT2D eigenvalue weighted by molar-refractivity contribution is -0.166. The summed E-state index contributed by atoms with van der Waals surface area (Å²) in [6.45, 7) is 6.06. The molecule has 390 valence electrons. The zero-order valence-electron chi connectivity index (χ0n) is 44.4. The van der Waals surface area contributed by atoms with Crippen LogP contribution in [-0.4, -0.2) is 37.2 Å².